The predicted octanol–water partition coefficient (Wildman–Crippen LogP) is 2.16. The first-order valence-corrected chi connectivity index (χ1v) is 6.66. The molecule has 1 fully saturated rings. The quantitative estimate of drug-likeness (QED) is 0.899. The summed E-state index contributed by atoms with van der Waals surface area (Å²) < 4.78 is 0. The summed E-state index contributed by atoms with van der Waals surface area (Å²) in [6, 6.07) is 7.78. The van der Waals surface area contributed by atoms with Crippen molar-refractivity contribution in [3.8, 4) is 0 Å². The molecule has 2 aromatic rings. The maximum Gasteiger partial charge on any atom is 0.308 e. The van der Waals surface area contributed by atoms with E-state index in [-0.39, 0.29) is 24.9 Å². The highest BCUT2D eigenvalue weighted by molar-refractivity contribution is 5.88. The zero-order valence-electron chi connectivity index (χ0n) is 11.2. The maximum atomic E-state index is 12.0. The Morgan fingerprint density at radius 1 is 1.45 bits per heavy atom. The molecule has 0 radical (unpaired) electrons. The highest BCUT2D eigenvalue weighted by Gasteiger charge is 2.37. The number of benzene rings is 1. The zero-order chi connectivity index (χ0) is 14.3. The number of carbonyl (C=O) groups excluding carboxylic acids is 1. The van der Waals surface area contributed by atoms with Crippen LogP contribution in [-0.4, -0.2) is 33.4 Å². The van der Waals surface area contributed by atoms with Gasteiger partial charge in [-0.3, -0.25) is 9.59 Å². The van der Waals surface area contributed by atoms with Gasteiger partial charge < -0.3 is 15.0 Å². The number of rotatable bonds is 3. The summed E-state index contributed by atoms with van der Waals surface area (Å²) in [6.45, 7) is 2.23. The third kappa shape index (κ3) is 1.95. The van der Waals surface area contributed by atoms with Crippen molar-refractivity contribution in [2.24, 2.45) is 5.92 Å². The van der Waals surface area contributed by atoms with Gasteiger partial charge in [-0.2, -0.15) is 0 Å². The summed E-state index contributed by atoms with van der Waals surface area (Å²) in [4.78, 5) is 27.9. The lowest BCUT2D eigenvalue weighted by molar-refractivity contribution is -0.141. The number of amides is 1. The van der Waals surface area contributed by atoms with E-state index in [1.54, 1.807) is 4.90 Å². The van der Waals surface area contributed by atoms with Gasteiger partial charge in [-0.25, -0.2) is 0 Å². The van der Waals surface area contributed by atoms with E-state index in [2.05, 4.69) is 4.98 Å². The van der Waals surface area contributed by atoms with Crippen LogP contribution in [0.3, 0.4) is 0 Å². The van der Waals surface area contributed by atoms with Gasteiger partial charge in [0, 0.05) is 30.1 Å². The van der Waals surface area contributed by atoms with Crippen molar-refractivity contribution in [1.29, 1.82) is 0 Å². The number of carboxylic acids is 1. The van der Waals surface area contributed by atoms with Crippen LogP contribution in [0.1, 0.15) is 24.9 Å². The maximum absolute atomic E-state index is 12.0. The second kappa shape index (κ2) is 4.67. The number of fused-ring (bicyclic) bond motifs is 1. The number of para-hydroxylation sites is 1. The topological polar surface area (TPSA) is 73.4 Å². The van der Waals surface area contributed by atoms with Crippen molar-refractivity contribution < 1.29 is 14.7 Å². The number of hydrogen-bond donors (Lipinski definition) is 2. The Balaban J connectivity index is 1.91. The molecule has 3 rings (SSSR count). The highest BCUT2D eigenvalue weighted by Crippen LogP contribution is 2.32. The fourth-order valence-electron chi connectivity index (χ4n) is 2.88. The minimum Gasteiger partial charge on any atom is -0.481 e. The molecule has 5 nitrogen and oxygen atoms in total. The van der Waals surface area contributed by atoms with Gasteiger partial charge in [0.25, 0.3) is 0 Å². The summed E-state index contributed by atoms with van der Waals surface area (Å²) in [6.07, 6.45) is 2.00. The van der Waals surface area contributed by atoms with Crippen LogP contribution in [0.2, 0.25) is 0 Å². The van der Waals surface area contributed by atoms with Gasteiger partial charge in [0.2, 0.25) is 5.91 Å². The van der Waals surface area contributed by atoms with Crippen LogP contribution in [0, 0.1) is 5.92 Å². The number of nitrogens with one attached hydrogen (secondary N) is 1. The fraction of sp³-hybridized carbons (Fsp3) is 0.333. The third-order valence-electron chi connectivity index (χ3n) is 4.05. The molecule has 0 bridgehead atoms. The predicted molar refractivity (Wildman–Crippen MR) is 74.2 cm³/mol. The van der Waals surface area contributed by atoms with E-state index in [1.165, 1.54) is 0 Å². The molecule has 20 heavy (non-hydrogen) atoms. The second-order valence-corrected chi connectivity index (χ2v) is 5.25. The lowest BCUT2D eigenvalue weighted by atomic mass is 10.1. The number of nitrogens with zero attached hydrogens (tertiary/aromatic N) is 1. The van der Waals surface area contributed by atoms with Crippen LogP contribution in [0.15, 0.2) is 30.5 Å². The van der Waals surface area contributed by atoms with Gasteiger partial charge in [-0.05, 0) is 18.6 Å². The molecule has 1 aliphatic heterocycles. The first-order valence-electron chi connectivity index (χ1n) is 6.66. The third-order valence-corrected chi connectivity index (χ3v) is 4.05. The minimum atomic E-state index is -0.896. The summed E-state index contributed by atoms with van der Waals surface area (Å²) >= 11 is 0. The van der Waals surface area contributed by atoms with Crippen molar-refractivity contribution in [2.75, 3.05) is 6.54 Å². The van der Waals surface area contributed by atoms with Crippen LogP contribution in [0.4, 0.5) is 0 Å². The molecule has 5 heteroatoms. The second-order valence-electron chi connectivity index (χ2n) is 5.25. The van der Waals surface area contributed by atoms with E-state index in [0.29, 0.717) is 0 Å². The Kier molecular flexibility index (Phi) is 2.97. The molecule has 0 saturated carbocycles. The molecular weight excluding hydrogens is 256 g/mol. The fourth-order valence-corrected chi connectivity index (χ4v) is 2.88. The highest BCUT2D eigenvalue weighted by atomic mass is 16.4. The monoisotopic (exact) mass is 272 g/mol. The Labute approximate surface area is 116 Å². The number of aromatic amines is 1. The van der Waals surface area contributed by atoms with Crippen LogP contribution in [0.5, 0.6) is 0 Å². The van der Waals surface area contributed by atoms with Crippen LogP contribution in [-0.2, 0) is 9.59 Å². The van der Waals surface area contributed by atoms with Crippen molar-refractivity contribution in [1.82, 2.24) is 9.88 Å². The van der Waals surface area contributed by atoms with Crippen molar-refractivity contribution >= 4 is 22.8 Å². The van der Waals surface area contributed by atoms with E-state index in [9.17, 15) is 9.59 Å². The number of H-pyrrole nitrogens is 1. The molecule has 104 valence electrons. The molecule has 0 aliphatic carbocycles. The van der Waals surface area contributed by atoms with E-state index >= 15 is 0 Å². The molecule has 1 amide bonds. The van der Waals surface area contributed by atoms with Crippen LogP contribution >= 0.6 is 0 Å². The standard InChI is InChI=1S/C15H16N2O3/c1-9(17-8-10(15(19)20)6-14(17)18)12-7-16-13-5-3-2-4-11(12)13/h2-5,7,9-10,16H,6,8H2,1H3,(H,19,20). The lowest BCUT2D eigenvalue weighted by Crippen LogP contribution is -2.29. The van der Waals surface area contributed by atoms with Gasteiger partial charge in [-0.1, -0.05) is 18.2 Å². The number of carbonyl (C=O) groups is 2. The van der Waals surface area contributed by atoms with Gasteiger partial charge in [-0.15, -0.1) is 0 Å². The molecule has 2 heterocycles. The first kappa shape index (κ1) is 12.7. The van der Waals surface area contributed by atoms with E-state index in [4.69, 9.17) is 5.11 Å². The summed E-state index contributed by atoms with van der Waals surface area (Å²) in [5.74, 6) is -1.57. The summed E-state index contributed by atoms with van der Waals surface area (Å²) in [7, 11) is 0. The Hall–Kier alpha value is -2.30. The number of hydrogen-bond acceptors (Lipinski definition) is 2. The van der Waals surface area contributed by atoms with Gasteiger partial charge >= 0.3 is 5.97 Å². The zero-order valence-corrected chi connectivity index (χ0v) is 11.2. The number of carboxylic acid groups (broad SMARTS) is 1. The number of aliphatic carboxylic acids is 1. The van der Waals surface area contributed by atoms with E-state index in [1.807, 2.05) is 37.4 Å². The molecule has 2 atom stereocenters. The minimum absolute atomic E-state index is 0.0878. The molecule has 1 aromatic carbocycles. The van der Waals surface area contributed by atoms with Gasteiger partial charge in [0.15, 0.2) is 0 Å². The van der Waals surface area contributed by atoms with E-state index in [0.717, 1.165) is 16.5 Å². The normalized spacial score (nSPS) is 20.6. The molecule has 1 aromatic heterocycles. The Morgan fingerprint density at radius 2 is 2.20 bits per heavy atom. The lowest BCUT2D eigenvalue weighted by Gasteiger charge is -2.24. The largest absolute Gasteiger partial charge is 0.481 e. The van der Waals surface area contributed by atoms with Gasteiger partial charge in [0.05, 0.1) is 12.0 Å². The smallest absolute Gasteiger partial charge is 0.308 e. The number of likely N-dealkylation sites (tertiary alicyclic amines) is 1. The van der Waals surface area contributed by atoms with E-state index < -0.39 is 11.9 Å². The average Bonchev–Trinajstić information content (AvgIpc) is 3.01. The van der Waals surface area contributed by atoms with Crippen molar-refractivity contribution in [3.05, 3.63) is 36.0 Å². The Morgan fingerprint density at radius 3 is 2.90 bits per heavy atom. The van der Waals surface area contributed by atoms with Gasteiger partial charge in [0.1, 0.15) is 0 Å². The van der Waals surface area contributed by atoms with Crippen LogP contribution < -0.4 is 0 Å². The SMILES string of the molecule is CC(c1c[nH]c2ccccc12)N1CC(C(=O)O)CC1=O. The molecule has 2 N–H and O–H groups in total. The van der Waals surface area contributed by atoms with Crippen LogP contribution in [0.25, 0.3) is 10.9 Å². The summed E-state index contributed by atoms with van der Waals surface area (Å²) in [5, 5.41) is 10.1. The molecule has 0 spiro atoms. The first-order chi connectivity index (χ1) is 9.58. The molecule has 1 saturated heterocycles. The Bertz CT molecular complexity index is 677. The molecule has 2 unspecified atom stereocenters. The van der Waals surface area contributed by atoms with Crippen molar-refractivity contribution in [3.63, 3.8) is 0 Å². The molecule has 1 aliphatic rings. The van der Waals surface area contributed by atoms with Crippen molar-refractivity contribution in [2.45, 2.75) is 19.4 Å². The molecular formula is C15H16N2O3. The average molecular weight is 272 g/mol. The number of aromatic nitrogens is 1. The summed E-state index contributed by atoms with van der Waals surface area (Å²) in [5.41, 5.74) is 2.05.